The van der Waals surface area contributed by atoms with Crippen molar-refractivity contribution < 1.29 is 27.6 Å². The third-order valence-corrected chi connectivity index (χ3v) is 2.67. The van der Waals surface area contributed by atoms with Crippen LogP contribution in [0.1, 0.15) is 23.0 Å². The molecule has 7 heteroatoms. The average molecular weight is 297 g/mol. The summed E-state index contributed by atoms with van der Waals surface area (Å²) in [6.07, 6.45) is 0. The van der Waals surface area contributed by atoms with Crippen LogP contribution >= 0.6 is 0 Å². The lowest BCUT2D eigenvalue weighted by Gasteiger charge is -2.06. The Bertz CT molecular complexity index is 640. The minimum Gasteiger partial charge on any atom is -0.462 e. The summed E-state index contributed by atoms with van der Waals surface area (Å²) in [6, 6.07) is 5.86. The summed E-state index contributed by atoms with van der Waals surface area (Å²) in [5, 5.41) is 3.79. The zero-order valence-corrected chi connectivity index (χ0v) is 11.4. The number of benzene rings is 1. The topological polar surface area (TPSA) is 61.6 Å². The van der Waals surface area contributed by atoms with Gasteiger partial charge in [0.25, 0.3) is 0 Å². The summed E-state index contributed by atoms with van der Waals surface area (Å²) in [6.45, 7) is 0.529. The maximum atomic E-state index is 12.2. The average Bonchev–Trinajstić information content (AvgIpc) is 2.80. The van der Waals surface area contributed by atoms with E-state index in [1.807, 2.05) is 0 Å². The van der Waals surface area contributed by atoms with Crippen molar-refractivity contribution >= 4 is 5.97 Å². The highest BCUT2D eigenvalue weighted by molar-refractivity contribution is 5.97. The second kappa shape index (κ2) is 6.34. The van der Waals surface area contributed by atoms with Crippen molar-refractivity contribution in [2.24, 2.45) is 0 Å². The molecule has 2 aromatic rings. The number of ether oxygens (including phenoxy) is 2. The number of carbonyl (C=O) groups is 1. The summed E-state index contributed by atoms with van der Waals surface area (Å²) in [5.41, 5.74) is 0.824. The fourth-order valence-corrected chi connectivity index (χ4v) is 1.83. The van der Waals surface area contributed by atoms with Gasteiger partial charge >= 0.3 is 12.6 Å². The monoisotopic (exact) mass is 297 g/mol. The Morgan fingerprint density at radius 2 is 2.19 bits per heavy atom. The van der Waals surface area contributed by atoms with Gasteiger partial charge < -0.3 is 14.0 Å². The van der Waals surface area contributed by atoms with Crippen molar-refractivity contribution in [3.8, 4) is 17.0 Å². The molecule has 112 valence electrons. The number of rotatable bonds is 5. The van der Waals surface area contributed by atoms with Crippen LogP contribution in [0, 0.1) is 6.92 Å². The lowest BCUT2D eigenvalue weighted by Crippen LogP contribution is -2.07. The van der Waals surface area contributed by atoms with E-state index >= 15 is 0 Å². The molecule has 0 bridgehead atoms. The van der Waals surface area contributed by atoms with Gasteiger partial charge in [-0.25, -0.2) is 4.79 Å². The minimum atomic E-state index is -2.93. The highest BCUT2D eigenvalue weighted by atomic mass is 19.3. The molecule has 1 aromatic heterocycles. The Kier molecular flexibility index (Phi) is 4.52. The number of halogens is 2. The van der Waals surface area contributed by atoms with Crippen LogP contribution in [-0.2, 0) is 4.74 Å². The number of carbonyl (C=O) groups excluding carboxylic acids is 1. The molecule has 0 saturated carbocycles. The zero-order valence-electron chi connectivity index (χ0n) is 11.4. The molecule has 0 aliphatic rings. The Labute approximate surface area is 119 Å². The Balaban J connectivity index is 2.40. The zero-order chi connectivity index (χ0) is 15.4. The summed E-state index contributed by atoms with van der Waals surface area (Å²) < 4.78 is 38.7. The third-order valence-electron chi connectivity index (χ3n) is 2.67. The molecule has 0 N–H and O–H groups in total. The number of esters is 1. The molecule has 1 aromatic carbocycles. The molecular weight excluding hydrogens is 284 g/mol. The largest absolute Gasteiger partial charge is 0.462 e. The van der Waals surface area contributed by atoms with Crippen LogP contribution in [0.4, 0.5) is 8.78 Å². The summed E-state index contributed by atoms with van der Waals surface area (Å²) in [7, 11) is 0. The molecule has 5 nitrogen and oxygen atoms in total. The van der Waals surface area contributed by atoms with Gasteiger partial charge in [0.2, 0.25) is 0 Å². The van der Waals surface area contributed by atoms with Crippen molar-refractivity contribution in [3.05, 3.63) is 35.6 Å². The molecule has 0 amide bonds. The Hall–Kier alpha value is -2.44. The predicted octanol–water partition coefficient (Wildman–Crippen LogP) is 3.43. The van der Waals surface area contributed by atoms with Gasteiger partial charge in [-0.1, -0.05) is 17.3 Å². The van der Waals surface area contributed by atoms with Crippen LogP contribution in [0.2, 0.25) is 0 Å². The molecule has 21 heavy (non-hydrogen) atoms. The van der Waals surface area contributed by atoms with Gasteiger partial charge in [0, 0.05) is 5.56 Å². The molecule has 0 fully saturated rings. The fraction of sp³-hybridized carbons (Fsp3) is 0.286. The standard InChI is InChI=1S/C14H13F2NO4/c1-3-19-13(18)11-8(2)21-17-12(11)9-5-4-6-10(7-9)20-14(15)16/h4-7,14H,3H2,1-2H3. The van der Waals surface area contributed by atoms with E-state index in [1.165, 1.54) is 18.2 Å². The van der Waals surface area contributed by atoms with Crippen molar-refractivity contribution in [1.82, 2.24) is 5.16 Å². The van der Waals surface area contributed by atoms with Crippen molar-refractivity contribution in [2.75, 3.05) is 6.61 Å². The summed E-state index contributed by atoms with van der Waals surface area (Å²) in [5.74, 6) is -0.312. The minimum absolute atomic E-state index is 0.0297. The second-order valence-electron chi connectivity index (χ2n) is 4.09. The van der Waals surface area contributed by atoms with Gasteiger partial charge in [-0.15, -0.1) is 0 Å². The van der Waals surface area contributed by atoms with E-state index in [4.69, 9.17) is 9.26 Å². The molecule has 0 saturated heterocycles. The molecule has 0 aliphatic heterocycles. The lowest BCUT2D eigenvalue weighted by molar-refractivity contribution is -0.0498. The van der Waals surface area contributed by atoms with Crippen LogP contribution in [0.3, 0.4) is 0 Å². The van der Waals surface area contributed by atoms with Crippen molar-refractivity contribution in [1.29, 1.82) is 0 Å². The number of aromatic nitrogens is 1. The van der Waals surface area contributed by atoms with E-state index in [9.17, 15) is 13.6 Å². The van der Waals surface area contributed by atoms with Gasteiger partial charge in [-0.3, -0.25) is 0 Å². The van der Waals surface area contributed by atoms with E-state index in [0.29, 0.717) is 11.3 Å². The molecule has 1 heterocycles. The first-order chi connectivity index (χ1) is 10.0. The van der Waals surface area contributed by atoms with Crippen LogP contribution in [-0.4, -0.2) is 24.3 Å². The third kappa shape index (κ3) is 3.36. The number of aryl methyl sites for hydroxylation is 1. The molecular formula is C14H13F2NO4. The highest BCUT2D eigenvalue weighted by Gasteiger charge is 2.23. The summed E-state index contributed by atoms with van der Waals surface area (Å²) in [4.78, 5) is 11.9. The molecule has 0 unspecified atom stereocenters. The van der Waals surface area contributed by atoms with Crippen LogP contribution in [0.25, 0.3) is 11.3 Å². The Morgan fingerprint density at radius 3 is 2.86 bits per heavy atom. The first-order valence-electron chi connectivity index (χ1n) is 6.21. The molecule has 2 rings (SSSR count). The first-order valence-corrected chi connectivity index (χ1v) is 6.21. The predicted molar refractivity (Wildman–Crippen MR) is 69.3 cm³/mol. The van der Waals surface area contributed by atoms with Gasteiger partial charge in [-0.05, 0) is 26.0 Å². The number of nitrogens with zero attached hydrogens (tertiary/aromatic N) is 1. The first kappa shape index (κ1) is 15.0. The normalized spacial score (nSPS) is 10.7. The molecule has 0 aliphatic carbocycles. The van der Waals surface area contributed by atoms with E-state index in [1.54, 1.807) is 19.9 Å². The van der Waals surface area contributed by atoms with E-state index < -0.39 is 12.6 Å². The maximum Gasteiger partial charge on any atom is 0.387 e. The smallest absolute Gasteiger partial charge is 0.387 e. The van der Waals surface area contributed by atoms with Crippen molar-refractivity contribution in [2.45, 2.75) is 20.5 Å². The van der Waals surface area contributed by atoms with Crippen LogP contribution in [0.15, 0.2) is 28.8 Å². The number of alkyl halides is 2. The van der Waals surface area contributed by atoms with E-state index in [2.05, 4.69) is 9.89 Å². The van der Waals surface area contributed by atoms with Crippen LogP contribution in [0.5, 0.6) is 5.75 Å². The Morgan fingerprint density at radius 1 is 1.43 bits per heavy atom. The molecule has 0 radical (unpaired) electrons. The van der Waals surface area contributed by atoms with Crippen molar-refractivity contribution in [3.63, 3.8) is 0 Å². The van der Waals surface area contributed by atoms with Gasteiger partial charge in [-0.2, -0.15) is 8.78 Å². The SMILES string of the molecule is CCOC(=O)c1c(-c2cccc(OC(F)F)c2)noc1C. The molecule has 0 atom stereocenters. The van der Waals surface area contributed by atoms with Crippen LogP contribution < -0.4 is 4.74 Å². The van der Waals surface area contributed by atoms with Gasteiger partial charge in [0.15, 0.2) is 0 Å². The quantitative estimate of drug-likeness (QED) is 0.791. The fourth-order valence-electron chi connectivity index (χ4n) is 1.83. The van der Waals surface area contributed by atoms with E-state index in [0.717, 1.165) is 0 Å². The maximum absolute atomic E-state index is 12.2. The highest BCUT2D eigenvalue weighted by Crippen LogP contribution is 2.29. The molecule has 0 spiro atoms. The van der Waals surface area contributed by atoms with Gasteiger partial charge in [0.05, 0.1) is 6.61 Å². The van der Waals surface area contributed by atoms with Gasteiger partial charge in [0.1, 0.15) is 22.8 Å². The number of hydrogen-bond donors (Lipinski definition) is 0. The lowest BCUT2D eigenvalue weighted by atomic mass is 10.1. The second-order valence-corrected chi connectivity index (χ2v) is 4.09. The summed E-state index contributed by atoms with van der Waals surface area (Å²) >= 11 is 0. The number of hydrogen-bond acceptors (Lipinski definition) is 5. The van der Waals surface area contributed by atoms with E-state index in [-0.39, 0.29) is 23.6 Å².